The molecule has 31 heavy (non-hydrogen) atoms. The lowest BCUT2D eigenvalue weighted by Crippen LogP contribution is -2.39. The number of carbonyl (C=O) groups is 2. The molecular weight excluding hydrogens is 386 g/mol. The Hall–Kier alpha value is -2.46. The van der Waals surface area contributed by atoms with Crippen LogP contribution in [0.3, 0.4) is 0 Å². The van der Waals surface area contributed by atoms with E-state index in [2.05, 4.69) is 36.5 Å². The molecule has 0 saturated heterocycles. The third kappa shape index (κ3) is 6.27. The number of ether oxygens (including phenoxy) is 1. The predicted molar refractivity (Wildman–Crippen MR) is 125 cm³/mol. The molecule has 4 nitrogen and oxygen atoms in total. The second kappa shape index (κ2) is 12.4. The van der Waals surface area contributed by atoms with Gasteiger partial charge in [0.2, 0.25) is 0 Å². The number of fused-ring (bicyclic) bond motifs is 3. The molecule has 1 N–H and O–H groups in total. The maximum atomic E-state index is 12.8. The average molecular weight is 422 g/mol. The zero-order chi connectivity index (χ0) is 21.9. The van der Waals surface area contributed by atoms with Gasteiger partial charge in [0.15, 0.2) is 0 Å². The Morgan fingerprint density at radius 2 is 1.52 bits per heavy atom. The Kier molecular flexibility index (Phi) is 9.29. The molecule has 1 unspecified atom stereocenters. The molecule has 0 bridgehead atoms. The lowest BCUT2D eigenvalue weighted by molar-refractivity contribution is -0.146. The van der Waals surface area contributed by atoms with Gasteiger partial charge in [-0.1, -0.05) is 100 Å². The number of hydrogen-bond donors (Lipinski definition) is 1. The zero-order valence-corrected chi connectivity index (χ0v) is 18.6. The summed E-state index contributed by atoms with van der Waals surface area (Å²) >= 11 is 0. The van der Waals surface area contributed by atoms with E-state index in [-0.39, 0.29) is 18.4 Å². The first-order chi connectivity index (χ1) is 15.3. The van der Waals surface area contributed by atoms with Crippen LogP contribution in [0.4, 0.5) is 0 Å². The van der Waals surface area contributed by atoms with Crippen molar-refractivity contribution in [1.29, 1.82) is 0 Å². The third-order valence-corrected chi connectivity index (χ3v) is 6.18. The van der Waals surface area contributed by atoms with Crippen LogP contribution >= 0.6 is 0 Å². The molecule has 0 saturated carbocycles. The van der Waals surface area contributed by atoms with E-state index in [0.29, 0.717) is 13.0 Å². The Morgan fingerprint density at radius 3 is 2.13 bits per heavy atom. The summed E-state index contributed by atoms with van der Waals surface area (Å²) in [6.07, 6.45) is 9.87. The van der Waals surface area contributed by atoms with E-state index in [1.165, 1.54) is 54.4 Å². The molecule has 1 aliphatic carbocycles. The van der Waals surface area contributed by atoms with Crippen molar-refractivity contribution in [2.75, 3.05) is 13.2 Å². The highest BCUT2D eigenvalue weighted by Crippen LogP contribution is 2.44. The summed E-state index contributed by atoms with van der Waals surface area (Å²) in [5.74, 6) is -0.198. The van der Waals surface area contributed by atoms with Crippen LogP contribution in [0.25, 0.3) is 11.1 Å². The molecule has 166 valence electrons. The van der Waals surface area contributed by atoms with Gasteiger partial charge in [0.25, 0.3) is 0 Å². The normalized spacial score (nSPS) is 13.5. The monoisotopic (exact) mass is 421 g/mol. The summed E-state index contributed by atoms with van der Waals surface area (Å²) in [6, 6.07) is 16.2. The van der Waals surface area contributed by atoms with E-state index in [1.807, 2.05) is 24.3 Å². The molecule has 2 aromatic rings. The van der Waals surface area contributed by atoms with E-state index in [4.69, 9.17) is 4.74 Å². The fourth-order valence-electron chi connectivity index (χ4n) is 4.50. The van der Waals surface area contributed by atoms with Crippen LogP contribution in [0.15, 0.2) is 48.5 Å². The predicted octanol–water partition coefficient (Wildman–Crippen LogP) is 5.64. The summed E-state index contributed by atoms with van der Waals surface area (Å²) in [5, 5.41) is 3.05. The number of unbranched alkanes of at least 4 members (excludes halogenated alkanes) is 6. The maximum absolute atomic E-state index is 12.8. The summed E-state index contributed by atoms with van der Waals surface area (Å²) in [6.45, 7) is 2.71. The third-order valence-electron chi connectivity index (χ3n) is 6.18. The Bertz CT molecular complexity index is 802. The lowest BCUT2D eigenvalue weighted by atomic mass is 9.98. The largest absolute Gasteiger partial charge is 0.464 e. The SMILES string of the molecule is CCCCCCCCCC(NCC=O)C(=O)OCC1c2ccccc2-c2ccccc21. The van der Waals surface area contributed by atoms with Crippen molar-refractivity contribution in [3.05, 3.63) is 59.7 Å². The number of rotatable bonds is 14. The minimum atomic E-state index is -0.423. The molecule has 0 aliphatic heterocycles. The minimum Gasteiger partial charge on any atom is -0.464 e. The summed E-state index contributed by atoms with van der Waals surface area (Å²) in [7, 11) is 0. The molecule has 0 radical (unpaired) electrons. The lowest BCUT2D eigenvalue weighted by Gasteiger charge is -2.19. The van der Waals surface area contributed by atoms with E-state index in [9.17, 15) is 9.59 Å². The van der Waals surface area contributed by atoms with Crippen molar-refractivity contribution in [3.63, 3.8) is 0 Å². The average Bonchev–Trinajstić information content (AvgIpc) is 3.12. The fourth-order valence-corrected chi connectivity index (χ4v) is 4.50. The van der Waals surface area contributed by atoms with Crippen molar-refractivity contribution in [3.8, 4) is 11.1 Å². The van der Waals surface area contributed by atoms with E-state index in [0.717, 1.165) is 19.1 Å². The molecule has 0 amide bonds. The van der Waals surface area contributed by atoms with Crippen LogP contribution in [0.5, 0.6) is 0 Å². The van der Waals surface area contributed by atoms with Gasteiger partial charge in [-0.25, -0.2) is 0 Å². The molecule has 3 rings (SSSR count). The van der Waals surface area contributed by atoms with Gasteiger partial charge in [0.05, 0.1) is 6.54 Å². The van der Waals surface area contributed by atoms with Gasteiger partial charge in [-0.3, -0.25) is 10.1 Å². The maximum Gasteiger partial charge on any atom is 0.323 e. The second-order valence-electron chi connectivity index (χ2n) is 8.39. The first kappa shape index (κ1) is 23.2. The van der Waals surface area contributed by atoms with Crippen LogP contribution in [-0.4, -0.2) is 31.4 Å². The van der Waals surface area contributed by atoms with Gasteiger partial charge in [-0.05, 0) is 28.7 Å². The van der Waals surface area contributed by atoms with E-state index < -0.39 is 6.04 Å². The van der Waals surface area contributed by atoms with Crippen LogP contribution in [0, 0.1) is 0 Å². The first-order valence-corrected chi connectivity index (χ1v) is 11.8. The molecular formula is C27H35NO3. The molecule has 0 aromatic heterocycles. The second-order valence-corrected chi connectivity index (χ2v) is 8.39. The molecule has 0 heterocycles. The Balaban J connectivity index is 1.55. The molecule has 4 heteroatoms. The van der Waals surface area contributed by atoms with Gasteiger partial charge in [-0.15, -0.1) is 0 Å². The van der Waals surface area contributed by atoms with E-state index in [1.54, 1.807) is 0 Å². The summed E-state index contributed by atoms with van der Waals surface area (Å²) in [5.41, 5.74) is 4.86. The summed E-state index contributed by atoms with van der Waals surface area (Å²) in [4.78, 5) is 23.7. The number of hydrogen-bond acceptors (Lipinski definition) is 4. The Morgan fingerprint density at radius 1 is 0.935 bits per heavy atom. The summed E-state index contributed by atoms with van der Waals surface area (Å²) < 4.78 is 5.79. The molecule has 0 fully saturated rings. The highest BCUT2D eigenvalue weighted by molar-refractivity contribution is 5.80. The molecule has 2 aromatic carbocycles. The van der Waals surface area contributed by atoms with Crippen molar-refractivity contribution in [1.82, 2.24) is 5.32 Å². The van der Waals surface area contributed by atoms with Crippen molar-refractivity contribution >= 4 is 12.3 Å². The standard InChI is InChI=1S/C27H35NO3/c1-2-3-4-5-6-7-8-17-26(28-18-19-29)27(30)31-20-25-23-15-11-9-13-21(23)22-14-10-12-16-24(22)25/h9-16,19,25-26,28H,2-8,17-18,20H2,1H3. The number of nitrogens with one attached hydrogen (secondary N) is 1. The van der Waals surface area contributed by atoms with Gasteiger partial charge in [0, 0.05) is 5.92 Å². The highest BCUT2D eigenvalue weighted by atomic mass is 16.5. The number of aldehydes is 1. The van der Waals surface area contributed by atoms with E-state index >= 15 is 0 Å². The highest BCUT2D eigenvalue weighted by Gasteiger charge is 2.30. The van der Waals surface area contributed by atoms with Crippen LogP contribution < -0.4 is 5.32 Å². The van der Waals surface area contributed by atoms with Crippen LogP contribution in [0.2, 0.25) is 0 Å². The quantitative estimate of drug-likeness (QED) is 0.244. The Labute approximate surface area is 186 Å². The number of esters is 1. The first-order valence-electron chi connectivity index (χ1n) is 11.8. The smallest absolute Gasteiger partial charge is 0.323 e. The number of benzene rings is 2. The molecule has 1 atom stereocenters. The minimum absolute atomic E-state index is 0.0571. The molecule has 0 spiro atoms. The van der Waals surface area contributed by atoms with Gasteiger partial charge in [-0.2, -0.15) is 0 Å². The van der Waals surface area contributed by atoms with Gasteiger partial charge < -0.3 is 9.53 Å². The van der Waals surface area contributed by atoms with Crippen molar-refractivity contribution < 1.29 is 14.3 Å². The van der Waals surface area contributed by atoms with Gasteiger partial charge in [0.1, 0.15) is 18.9 Å². The number of carbonyl (C=O) groups excluding carboxylic acids is 2. The fraction of sp³-hybridized carbons (Fsp3) is 0.481. The topological polar surface area (TPSA) is 55.4 Å². The van der Waals surface area contributed by atoms with Crippen molar-refractivity contribution in [2.24, 2.45) is 0 Å². The molecule has 1 aliphatic rings. The van der Waals surface area contributed by atoms with Crippen LogP contribution in [-0.2, 0) is 14.3 Å². The zero-order valence-electron chi connectivity index (χ0n) is 18.6. The van der Waals surface area contributed by atoms with Crippen molar-refractivity contribution in [2.45, 2.75) is 70.3 Å². The van der Waals surface area contributed by atoms with Crippen LogP contribution in [0.1, 0.15) is 75.3 Å². The van der Waals surface area contributed by atoms with Gasteiger partial charge >= 0.3 is 5.97 Å².